The number of rotatable bonds is 3. The lowest BCUT2D eigenvalue weighted by Crippen LogP contribution is -1.99. The maximum absolute atomic E-state index is 10.5. The summed E-state index contributed by atoms with van der Waals surface area (Å²) < 4.78 is 4.46. The lowest BCUT2D eigenvalue weighted by molar-refractivity contribution is 0.447. The van der Waals surface area contributed by atoms with Gasteiger partial charge in [0.1, 0.15) is 11.5 Å². The molecule has 1 aliphatic carbocycles. The molecular weight excluding hydrogens is 384 g/mol. The van der Waals surface area contributed by atoms with Crippen molar-refractivity contribution in [3.05, 3.63) is 51.9 Å². The molecule has 6 nitrogen and oxygen atoms in total. The minimum atomic E-state index is -0.0186. The Bertz CT molecular complexity index is 1340. The quantitative estimate of drug-likeness (QED) is 0.419. The first kappa shape index (κ1) is 18.0. The van der Waals surface area contributed by atoms with Gasteiger partial charge in [0.2, 0.25) is 0 Å². The number of hydrogen-bond acceptors (Lipinski definition) is 4. The smallest absolute Gasteiger partial charge is 0.200 e. The number of aromatic hydroxyl groups is 2. The van der Waals surface area contributed by atoms with Crippen LogP contribution in [0.4, 0.5) is 0 Å². The third-order valence-corrected chi connectivity index (χ3v) is 6.40. The summed E-state index contributed by atoms with van der Waals surface area (Å²) >= 11 is 5.52. The molecule has 1 saturated carbocycles. The number of H-pyrrole nitrogens is 1. The van der Waals surface area contributed by atoms with E-state index in [2.05, 4.69) is 47.8 Å². The molecule has 0 amide bonds. The van der Waals surface area contributed by atoms with Crippen molar-refractivity contribution < 1.29 is 10.2 Å². The van der Waals surface area contributed by atoms with Crippen LogP contribution in [-0.2, 0) is 7.05 Å². The molecule has 1 aliphatic rings. The molecule has 0 aliphatic heterocycles. The van der Waals surface area contributed by atoms with Crippen molar-refractivity contribution >= 4 is 23.1 Å². The number of hydrogen-bond donors (Lipinski definition) is 3. The number of aromatic amines is 1. The highest BCUT2D eigenvalue weighted by Crippen LogP contribution is 2.47. The second kappa shape index (κ2) is 6.22. The van der Waals surface area contributed by atoms with E-state index < -0.39 is 0 Å². The highest BCUT2D eigenvalue weighted by atomic mass is 32.1. The van der Waals surface area contributed by atoms with Gasteiger partial charge in [-0.15, -0.1) is 0 Å². The SMILES string of the molecule is Cc1c(C)n(C)c2ccc(-n3c(-c4cc(C5CC5)c(O)cc4O)n[nH]c3=S)cc12. The molecule has 0 atom stereocenters. The summed E-state index contributed by atoms with van der Waals surface area (Å²) in [5, 5.41) is 29.2. The number of nitrogens with zero attached hydrogens (tertiary/aromatic N) is 3. The number of nitrogens with one attached hydrogen (secondary N) is 1. The molecule has 3 N–H and O–H groups in total. The fraction of sp³-hybridized carbons (Fsp3) is 0.273. The van der Waals surface area contributed by atoms with Gasteiger partial charge >= 0.3 is 0 Å². The van der Waals surface area contributed by atoms with Crippen LogP contribution in [0.2, 0.25) is 0 Å². The Hall–Kier alpha value is -3.06. The van der Waals surface area contributed by atoms with Crippen LogP contribution < -0.4 is 0 Å². The van der Waals surface area contributed by atoms with Crippen LogP contribution >= 0.6 is 12.2 Å². The van der Waals surface area contributed by atoms with Gasteiger partial charge in [-0.1, -0.05) is 0 Å². The van der Waals surface area contributed by atoms with Gasteiger partial charge in [0.25, 0.3) is 0 Å². The normalized spacial score (nSPS) is 14.0. The van der Waals surface area contributed by atoms with Crippen molar-refractivity contribution in [1.82, 2.24) is 19.3 Å². The molecule has 148 valence electrons. The molecule has 0 radical (unpaired) electrons. The Morgan fingerprint density at radius 1 is 1.10 bits per heavy atom. The van der Waals surface area contributed by atoms with Crippen molar-refractivity contribution in [3.8, 4) is 28.6 Å². The van der Waals surface area contributed by atoms with Crippen LogP contribution in [0, 0.1) is 18.6 Å². The van der Waals surface area contributed by atoms with Gasteiger partial charge in [0, 0.05) is 29.7 Å². The van der Waals surface area contributed by atoms with E-state index in [0.29, 0.717) is 22.1 Å². The standard InChI is InChI=1S/C22H22N4O2S/c1-11-12(2)25(3)18-7-6-14(8-15(11)18)26-21(23-24-22(26)29)17-9-16(13-4-5-13)19(27)10-20(17)28/h6-10,13,27-28H,4-5H2,1-3H3,(H,24,29). The lowest BCUT2D eigenvalue weighted by Gasteiger charge is -2.12. The van der Waals surface area contributed by atoms with Gasteiger partial charge in [0.15, 0.2) is 10.6 Å². The fourth-order valence-corrected chi connectivity index (χ4v) is 4.33. The zero-order valence-electron chi connectivity index (χ0n) is 16.5. The zero-order valence-corrected chi connectivity index (χ0v) is 17.3. The van der Waals surface area contributed by atoms with Gasteiger partial charge in [-0.05, 0) is 80.2 Å². The van der Waals surface area contributed by atoms with Crippen molar-refractivity contribution in [1.29, 1.82) is 0 Å². The molecule has 2 heterocycles. The second-order valence-corrected chi connectivity index (χ2v) is 8.25. The van der Waals surface area contributed by atoms with Gasteiger partial charge in [-0.3, -0.25) is 9.67 Å². The van der Waals surface area contributed by atoms with Crippen LogP contribution in [0.25, 0.3) is 28.0 Å². The lowest BCUT2D eigenvalue weighted by atomic mass is 10.0. The summed E-state index contributed by atoms with van der Waals surface area (Å²) in [6.07, 6.45) is 2.10. The van der Waals surface area contributed by atoms with Crippen LogP contribution in [-0.4, -0.2) is 29.5 Å². The summed E-state index contributed by atoms with van der Waals surface area (Å²) in [6.45, 7) is 4.22. The topological polar surface area (TPSA) is 79.0 Å². The first-order chi connectivity index (χ1) is 13.9. The Kier molecular flexibility index (Phi) is 3.86. The zero-order chi connectivity index (χ0) is 20.4. The molecule has 0 bridgehead atoms. The maximum atomic E-state index is 10.5. The van der Waals surface area contributed by atoms with E-state index in [1.807, 2.05) is 16.7 Å². The third-order valence-electron chi connectivity index (χ3n) is 6.12. The average molecular weight is 407 g/mol. The van der Waals surface area contributed by atoms with Crippen molar-refractivity contribution in [2.45, 2.75) is 32.6 Å². The average Bonchev–Trinajstić information content (AvgIpc) is 3.43. The summed E-state index contributed by atoms with van der Waals surface area (Å²) in [5.74, 6) is 0.983. The molecular formula is C22H22N4O2S. The first-order valence-corrected chi connectivity index (χ1v) is 10.1. The number of aryl methyl sites for hydroxylation is 2. The van der Waals surface area contributed by atoms with E-state index in [9.17, 15) is 10.2 Å². The molecule has 4 aromatic rings. The van der Waals surface area contributed by atoms with Gasteiger partial charge in [-0.2, -0.15) is 5.10 Å². The van der Waals surface area contributed by atoms with Gasteiger partial charge in [-0.25, -0.2) is 0 Å². The van der Waals surface area contributed by atoms with Gasteiger partial charge < -0.3 is 14.8 Å². The monoisotopic (exact) mass is 406 g/mol. The molecule has 1 fully saturated rings. The number of benzene rings is 2. The Labute approximate surface area is 173 Å². The van der Waals surface area contributed by atoms with E-state index in [1.165, 1.54) is 17.3 Å². The molecule has 2 aromatic carbocycles. The number of phenols is 2. The Balaban J connectivity index is 1.73. The van der Waals surface area contributed by atoms with E-state index in [4.69, 9.17) is 12.2 Å². The predicted molar refractivity (Wildman–Crippen MR) is 115 cm³/mol. The van der Waals surface area contributed by atoms with E-state index in [1.54, 1.807) is 0 Å². The molecule has 7 heteroatoms. The van der Waals surface area contributed by atoms with Crippen molar-refractivity contribution in [3.63, 3.8) is 0 Å². The van der Waals surface area contributed by atoms with Crippen molar-refractivity contribution in [2.75, 3.05) is 0 Å². The number of aromatic nitrogens is 4. The highest BCUT2D eigenvalue weighted by Gasteiger charge is 2.28. The largest absolute Gasteiger partial charge is 0.508 e. The summed E-state index contributed by atoms with van der Waals surface area (Å²) in [5.41, 5.74) is 5.88. The number of fused-ring (bicyclic) bond motifs is 1. The minimum absolute atomic E-state index is 0.0186. The van der Waals surface area contributed by atoms with Crippen molar-refractivity contribution in [2.24, 2.45) is 7.05 Å². The summed E-state index contributed by atoms with van der Waals surface area (Å²) in [4.78, 5) is 0. The van der Waals surface area contributed by atoms with Crippen LogP contribution in [0.1, 0.15) is 35.6 Å². The highest BCUT2D eigenvalue weighted by molar-refractivity contribution is 7.71. The molecule has 29 heavy (non-hydrogen) atoms. The van der Waals surface area contributed by atoms with E-state index in [0.717, 1.165) is 35.0 Å². The fourth-order valence-electron chi connectivity index (χ4n) is 4.09. The van der Waals surface area contributed by atoms with Crippen LogP contribution in [0.15, 0.2) is 30.3 Å². The molecule has 0 spiro atoms. The first-order valence-electron chi connectivity index (χ1n) is 9.66. The predicted octanol–water partition coefficient (Wildman–Crippen LogP) is 4.99. The molecule has 5 rings (SSSR count). The van der Waals surface area contributed by atoms with Gasteiger partial charge in [0.05, 0.1) is 11.3 Å². The van der Waals surface area contributed by atoms with E-state index >= 15 is 0 Å². The summed E-state index contributed by atoms with van der Waals surface area (Å²) in [7, 11) is 2.06. The Morgan fingerprint density at radius 3 is 2.59 bits per heavy atom. The number of phenolic OH excluding ortho intramolecular Hbond substituents is 2. The Morgan fingerprint density at radius 2 is 1.86 bits per heavy atom. The second-order valence-electron chi connectivity index (χ2n) is 7.86. The molecule has 0 unspecified atom stereocenters. The third kappa shape index (κ3) is 2.68. The molecule has 0 saturated heterocycles. The summed E-state index contributed by atoms with van der Waals surface area (Å²) in [6, 6.07) is 9.43. The van der Waals surface area contributed by atoms with Crippen LogP contribution in [0.5, 0.6) is 11.5 Å². The van der Waals surface area contributed by atoms with E-state index in [-0.39, 0.29) is 11.5 Å². The van der Waals surface area contributed by atoms with Crippen LogP contribution in [0.3, 0.4) is 0 Å². The molecule has 2 aromatic heterocycles. The minimum Gasteiger partial charge on any atom is -0.508 e. The maximum Gasteiger partial charge on any atom is 0.200 e.